The van der Waals surface area contributed by atoms with Crippen LogP contribution in [0.4, 0.5) is 0 Å². The van der Waals surface area contributed by atoms with Gasteiger partial charge in [-0.25, -0.2) is 0 Å². The topological polar surface area (TPSA) is 57.9 Å². The summed E-state index contributed by atoms with van der Waals surface area (Å²) >= 11 is 0. The first-order chi connectivity index (χ1) is 15.9. The van der Waals surface area contributed by atoms with Gasteiger partial charge in [-0.15, -0.1) is 0 Å². The van der Waals surface area contributed by atoms with Crippen molar-refractivity contribution in [2.45, 2.75) is 26.4 Å². The van der Waals surface area contributed by atoms with Gasteiger partial charge in [0.25, 0.3) is 5.56 Å². The SMILES string of the molecule is COc1ccc(Cn2c(C)cc(O)c([C@@H](c3ccc(C)cc3)N3CCN(C)CC3)c2=O)cc1. The van der Waals surface area contributed by atoms with Crippen LogP contribution in [-0.4, -0.2) is 59.8 Å². The maximum absolute atomic E-state index is 13.9. The summed E-state index contributed by atoms with van der Waals surface area (Å²) in [4.78, 5) is 18.5. The fraction of sp³-hybridized carbons (Fsp3) is 0.370. The molecule has 1 aromatic heterocycles. The summed E-state index contributed by atoms with van der Waals surface area (Å²) in [5.74, 6) is 0.844. The molecule has 0 unspecified atom stereocenters. The third-order valence-electron chi connectivity index (χ3n) is 6.59. The Hall–Kier alpha value is -3.09. The standard InChI is InChI=1S/C27H33N3O3/c1-19-5-9-22(10-6-19)26(29-15-13-28(3)14-16-29)25-24(31)17-20(2)30(27(25)32)18-21-7-11-23(33-4)12-8-21/h5-12,17,26,31H,13-16,18H2,1-4H3/t26-/m1/s1. The molecule has 33 heavy (non-hydrogen) atoms. The summed E-state index contributed by atoms with van der Waals surface area (Å²) in [7, 11) is 3.75. The predicted molar refractivity (Wildman–Crippen MR) is 131 cm³/mol. The Kier molecular flexibility index (Phi) is 6.86. The second-order valence-electron chi connectivity index (χ2n) is 8.98. The molecule has 0 aliphatic carbocycles. The number of aryl methyl sites for hydroxylation is 2. The summed E-state index contributed by atoms with van der Waals surface area (Å²) in [6.07, 6.45) is 0. The maximum atomic E-state index is 13.9. The molecule has 0 saturated carbocycles. The van der Waals surface area contributed by atoms with Crippen molar-refractivity contribution < 1.29 is 9.84 Å². The van der Waals surface area contributed by atoms with E-state index >= 15 is 0 Å². The van der Waals surface area contributed by atoms with Crippen LogP contribution < -0.4 is 10.3 Å². The van der Waals surface area contributed by atoms with Crippen molar-refractivity contribution in [3.63, 3.8) is 0 Å². The van der Waals surface area contributed by atoms with Crippen LogP contribution >= 0.6 is 0 Å². The largest absolute Gasteiger partial charge is 0.507 e. The van der Waals surface area contributed by atoms with E-state index in [1.807, 2.05) is 31.2 Å². The second kappa shape index (κ2) is 9.81. The number of likely N-dealkylation sites (N-methyl/N-ethyl adjacent to an activating group) is 1. The lowest BCUT2D eigenvalue weighted by molar-refractivity contribution is 0.125. The van der Waals surface area contributed by atoms with Crippen LogP contribution in [0.3, 0.4) is 0 Å². The molecule has 3 aromatic rings. The molecule has 1 N–H and O–H groups in total. The molecule has 6 heteroatoms. The van der Waals surface area contributed by atoms with Crippen molar-refractivity contribution in [3.8, 4) is 11.5 Å². The number of nitrogens with zero attached hydrogens (tertiary/aromatic N) is 3. The zero-order valence-electron chi connectivity index (χ0n) is 19.9. The number of hydrogen-bond donors (Lipinski definition) is 1. The van der Waals surface area contributed by atoms with Crippen LogP contribution in [0.5, 0.6) is 11.5 Å². The summed E-state index contributed by atoms with van der Waals surface area (Å²) in [5.41, 5.74) is 4.23. The Morgan fingerprint density at radius 3 is 2.21 bits per heavy atom. The van der Waals surface area contributed by atoms with E-state index in [0.29, 0.717) is 12.1 Å². The first-order valence-electron chi connectivity index (χ1n) is 11.4. The van der Waals surface area contributed by atoms with Gasteiger partial charge < -0.3 is 19.3 Å². The number of hydrogen-bond acceptors (Lipinski definition) is 5. The number of rotatable bonds is 6. The Morgan fingerprint density at radius 2 is 1.61 bits per heavy atom. The number of aromatic nitrogens is 1. The Balaban J connectivity index is 1.79. The maximum Gasteiger partial charge on any atom is 0.259 e. The van der Waals surface area contributed by atoms with Gasteiger partial charge in [0.2, 0.25) is 0 Å². The molecule has 1 saturated heterocycles. The Labute approximate surface area is 195 Å². The summed E-state index contributed by atoms with van der Waals surface area (Å²) in [6, 6.07) is 17.4. The average molecular weight is 448 g/mol. The Bertz CT molecular complexity index is 1140. The van der Waals surface area contributed by atoms with E-state index in [9.17, 15) is 9.90 Å². The van der Waals surface area contributed by atoms with Crippen LogP contribution in [0.15, 0.2) is 59.4 Å². The Morgan fingerprint density at radius 1 is 0.970 bits per heavy atom. The molecule has 0 amide bonds. The molecule has 1 fully saturated rings. The van der Waals surface area contributed by atoms with Crippen LogP contribution in [0.25, 0.3) is 0 Å². The third kappa shape index (κ3) is 4.97. The lowest BCUT2D eigenvalue weighted by Crippen LogP contribution is -2.47. The summed E-state index contributed by atoms with van der Waals surface area (Å²) < 4.78 is 7.01. The molecule has 2 heterocycles. The highest BCUT2D eigenvalue weighted by atomic mass is 16.5. The fourth-order valence-electron chi connectivity index (χ4n) is 4.52. The minimum Gasteiger partial charge on any atom is -0.507 e. The van der Waals surface area contributed by atoms with Gasteiger partial charge in [-0.1, -0.05) is 42.0 Å². The quantitative estimate of drug-likeness (QED) is 0.626. The molecule has 1 aliphatic heterocycles. The smallest absolute Gasteiger partial charge is 0.259 e. The molecule has 1 atom stereocenters. The molecule has 2 aromatic carbocycles. The number of aromatic hydroxyl groups is 1. The summed E-state index contributed by atoms with van der Waals surface area (Å²) in [5, 5.41) is 11.0. The molecule has 6 nitrogen and oxygen atoms in total. The number of methoxy groups -OCH3 is 1. The lowest BCUT2D eigenvalue weighted by atomic mass is 9.95. The minimum atomic E-state index is -0.297. The highest BCUT2D eigenvalue weighted by Crippen LogP contribution is 2.33. The van der Waals surface area contributed by atoms with Gasteiger partial charge in [0.15, 0.2) is 0 Å². The van der Waals surface area contributed by atoms with E-state index in [4.69, 9.17) is 4.74 Å². The van der Waals surface area contributed by atoms with Crippen molar-refractivity contribution in [2.24, 2.45) is 0 Å². The van der Waals surface area contributed by atoms with E-state index < -0.39 is 0 Å². The third-order valence-corrected chi connectivity index (χ3v) is 6.59. The molecule has 0 spiro atoms. The van der Waals surface area contributed by atoms with Gasteiger partial charge in [-0.2, -0.15) is 0 Å². The molecule has 174 valence electrons. The number of ether oxygens (including phenoxy) is 1. The van der Waals surface area contributed by atoms with Gasteiger partial charge in [0, 0.05) is 31.9 Å². The highest BCUT2D eigenvalue weighted by molar-refractivity contribution is 5.42. The normalized spacial score (nSPS) is 16.0. The molecular formula is C27H33N3O3. The number of benzene rings is 2. The average Bonchev–Trinajstić information content (AvgIpc) is 2.81. The molecular weight excluding hydrogens is 414 g/mol. The first-order valence-corrected chi connectivity index (χ1v) is 11.4. The zero-order chi connectivity index (χ0) is 23.5. The van der Waals surface area contributed by atoms with E-state index in [2.05, 4.69) is 48.0 Å². The predicted octanol–water partition coefficient (Wildman–Crippen LogP) is 3.56. The molecule has 4 rings (SSSR count). The highest BCUT2D eigenvalue weighted by Gasteiger charge is 2.30. The van der Waals surface area contributed by atoms with Crippen molar-refractivity contribution >= 4 is 0 Å². The van der Waals surface area contributed by atoms with Crippen molar-refractivity contribution in [2.75, 3.05) is 40.3 Å². The van der Waals surface area contributed by atoms with Gasteiger partial charge in [-0.3, -0.25) is 9.69 Å². The monoisotopic (exact) mass is 447 g/mol. The van der Waals surface area contributed by atoms with Crippen molar-refractivity contribution in [1.29, 1.82) is 0 Å². The lowest BCUT2D eigenvalue weighted by Gasteiger charge is -2.38. The minimum absolute atomic E-state index is 0.0629. The molecule has 0 bridgehead atoms. The fourth-order valence-corrected chi connectivity index (χ4v) is 4.52. The number of piperazine rings is 1. The van der Waals surface area contributed by atoms with Crippen LogP contribution in [-0.2, 0) is 6.54 Å². The zero-order valence-corrected chi connectivity index (χ0v) is 19.9. The first kappa shape index (κ1) is 23.1. The van der Waals surface area contributed by atoms with Gasteiger partial charge in [-0.05, 0) is 50.2 Å². The molecule has 0 radical (unpaired) electrons. The number of pyridine rings is 1. The molecule has 1 aliphatic rings. The van der Waals surface area contributed by atoms with Crippen LogP contribution in [0.1, 0.15) is 34.0 Å². The van der Waals surface area contributed by atoms with E-state index in [-0.39, 0.29) is 17.4 Å². The van der Waals surface area contributed by atoms with E-state index in [1.54, 1.807) is 17.7 Å². The van der Waals surface area contributed by atoms with Gasteiger partial charge >= 0.3 is 0 Å². The summed E-state index contributed by atoms with van der Waals surface area (Å²) in [6.45, 7) is 7.88. The van der Waals surface area contributed by atoms with Crippen LogP contribution in [0.2, 0.25) is 0 Å². The van der Waals surface area contributed by atoms with E-state index in [1.165, 1.54) is 5.56 Å². The van der Waals surface area contributed by atoms with Gasteiger partial charge in [0.05, 0.1) is 25.3 Å². The second-order valence-corrected chi connectivity index (χ2v) is 8.98. The van der Waals surface area contributed by atoms with Crippen molar-refractivity contribution in [3.05, 3.63) is 92.9 Å². The van der Waals surface area contributed by atoms with E-state index in [0.717, 1.165) is 48.7 Å². The van der Waals surface area contributed by atoms with Crippen LogP contribution in [0, 0.1) is 13.8 Å². The van der Waals surface area contributed by atoms with Crippen molar-refractivity contribution in [1.82, 2.24) is 14.4 Å². The van der Waals surface area contributed by atoms with Gasteiger partial charge in [0.1, 0.15) is 11.5 Å².